The fourth-order valence-corrected chi connectivity index (χ4v) is 4.94. The van der Waals surface area contributed by atoms with Crippen LogP contribution in [0.5, 0.6) is 0 Å². The molecule has 1 unspecified atom stereocenters. The molecule has 0 bridgehead atoms. The van der Waals surface area contributed by atoms with Gasteiger partial charge in [0, 0.05) is 25.2 Å². The molecule has 34 heavy (non-hydrogen) atoms. The molecule has 1 aliphatic carbocycles. The van der Waals surface area contributed by atoms with Crippen molar-refractivity contribution >= 4 is 14.0 Å². The van der Waals surface area contributed by atoms with Crippen LogP contribution in [0.15, 0.2) is 24.3 Å². The molecule has 3 N–H and O–H groups in total. The van der Waals surface area contributed by atoms with Crippen LogP contribution in [0.2, 0.25) is 19.6 Å². The van der Waals surface area contributed by atoms with E-state index in [4.69, 9.17) is 0 Å². The van der Waals surface area contributed by atoms with Crippen molar-refractivity contribution in [2.45, 2.75) is 115 Å². The van der Waals surface area contributed by atoms with Gasteiger partial charge in [0.2, 0.25) is 0 Å². The number of carbonyl (C=O) groups is 1. The van der Waals surface area contributed by atoms with Gasteiger partial charge in [0.25, 0.3) is 0 Å². The topological polar surface area (TPSA) is 87.0 Å². The first-order chi connectivity index (χ1) is 16.0. The smallest absolute Gasteiger partial charge is 0.305 e. The summed E-state index contributed by atoms with van der Waals surface area (Å²) in [7, 11) is -0.209. The van der Waals surface area contributed by atoms with Crippen LogP contribution in [-0.2, 0) is 9.53 Å². The number of allylic oxidation sites excluding steroid dienone is 2. The van der Waals surface area contributed by atoms with Gasteiger partial charge in [-0.2, -0.15) is 0 Å². The Kier molecular flexibility index (Phi) is 14.0. The average Bonchev–Trinajstić information content (AvgIpc) is 3.04. The molecule has 0 saturated heterocycles. The van der Waals surface area contributed by atoms with Gasteiger partial charge in [-0.15, -0.1) is 5.54 Å². The highest BCUT2D eigenvalue weighted by molar-refractivity contribution is 6.83. The second-order valence-electron chi connectivity index (χ2n) is 10.8. The highest BCUT2D eigenvalue weighted by Gasteiger charge is 2.39. The van der Waals surface area contributed by atoms with Crippen LogP contribution in [0, 0.1) is 23.3 Å². The third kappa shape index (κ3) is 12.4. The molecule has 1 aliphatic rings. The number of aliphatic hydroxyl groups is 3. The maximum absolute atomic E-state index is 11.3. The van der Waals surface area contributed by atoms with Crippen molar-refractivity contribution in [2.75, 3.05) is 7.11 Å². The third-order valence-electron chi connectivity index (χ3n) is 6.40. The fraction of sp³-hybridized carbons (Fsp3) is 0.750. The van der Waals surface area contributed by atoms with Crippen LogP contribution < -0.4 is 0 Å². The summed E-state index contributed by atoms with van der Waals surface area (Å²) < 4.78 is 4.65. The lowest BCUT2D eigenvalue weighted by atomic mass is 9.88. The number of esters is 1. The van der Waals surface area contributed by atoms with E-state index in [0.717, 1.165) is 38.5 Å². The first kappa shape index (κ1) is 30.6. The predicted molar refractivity (Wildman–Crippen MR) is 142 cm³/mol. The molecule has 0 aromatic heterocycles. The van der Waals surface area contributed by atoms with Gasteiger partial charge < -0.3 is 20.1 Å². The molecule has 0 heterocycles. The van der Waals surface area contributed by atoms with Crippen LogP contribution in [0.25, 0.3) is 0 Å². The lowest BCUT2D eigenvalue weighted by molar-refractivity contribution is -0.140. The Hall–Kier alpha value is -1.39. The standard InChI is InChI=1S/C28H48O5Si/c1-6-7-8-13-18-28(32,20-21-34(3,4)5)19-14-16-24-23(25(29)22-26(24)30)15-11-9-10-12-17-27(31)33-2/h9,11,14,16,23-26,29-30,32H,6-8,10,12-13,15,17-19,22H2,1-5H3/b11-9-,16-14+/t23-,24-,25-,26-,28?/m1/s1. The number of aliphatic hydroxyl groups excluding tert-OH is 2. The summed E-state index contributed by atoms with van der Waals surface area (Å²) >= 11 is 0. The van der Waals surface area contributed by atoms with Crippen molar-refractivity contribution in [3.63, 3.8) is 0 Å². The lowest BCUT2D eigenvalue weighted by Crippen LogP contribution is -2.28. The minimum Gasteiger partial charge on any atom is -0.469 e. The summed E-state index contributed by atoms with van der Waals surface area (Å²) in [5.74, 6) is 2.78. The lowest BCUT2D eigenvalue weighted by Gasteiger charge is -2.23. The first-order valence-electron chi connectivity index (χ1n) is 13.0. The van der Waals surface area contributed by atoms with E-state index in [1.807, 2.05) is 24.3 Å². The molecule has 0 spiro atoms. The Labute approximate surface area is 208 Å². The summed E-state index contributed by atoms with van der Waals surface area (Å²) in [5, 5.41) is 32.3. The van der Waals surface area contributed by atoms with Crippen LogP contribution in [-0.4, -0.2) is 54.3 Å². The molecule has 0 radical (unpaired) electrons. The van der Waals surface area contributed by atoms with E-state index in [0.29, 0.717) is 32.1 Å². The summed E-state index contributed by atoms with van der Waals surface area (Å²) in [6.45, 7) is 8.71. The van der Waals surface area contributed by atoms with Gasteiger partial charge in [0.05, 0.1) is 19.3 Å². The monoisotopic (exact) mass is 492 g/mol. The molecule has 0 amide bonds. The molecule has 194 valence electrons. The van der Waals surface area contributed by atoms with Gasteiger partial charge >= 0.3 is 5.97 Å². The molecular weight excluding hydrogens is 444 g/mol. The Morgan fingerprint density at radius 3 is 2.47 bits per heavy atom. The summed E-state index contributed by atoms with van der Waals surface area (Å²) in [6, 6.07) is 0. The average molecular weight is 493 g/mol. The Morgan fingerprint density at radius 1 is 1.09 bits per heavy atom. The number of carbonyl (C=O) groups excluding carboxylic acids is 1. The Balaban J connectivity index is 2.75. The second kappa shape index (κ2) is 15.6. The van der Waals surface area contributed by atoms with Gasteiger partial charge in [0.1, 0.15) is 13.7 Å². The molecule has 6 heteroatoms. The Morgan fingerprint density at radius 2 is 1.82 bits per heavy atom. The van der Waals surface area contributed by atoms with Crippen molar-refractivity contribution in [2.24, 2.45) is 11.8 Å². The zero-order chi connectivity index (χ0) is 25.6. The normalized spacial score (nSPS) is 24.8. The van der Waals surface area contributed by atoms with Gasteiger partial charge in [-0.05, 0) is 38.0 Å². The van der Waals surface area contributed by atoms with Gasteiger partial charge in [-0.1, -0.05) is 76.1 Å². The van der Waals surface area contributed by atoms with E-state index in [2.05, 4.69) is 42.8 Å². The molecule has 0 aromatic carbocycles. The number of rotatable bonds is 14. The van der Waals surface area contributed by atoms with Crippen molar-refractivity contribution in [1.29, 1.82) is 0 Å². The first-order valence-corrected chi connectivity index (χ1v) is 16.5. The number of hydrogen-bond acceptors (Lipinski definition) is 5. The molecule has 0 aliphatic heterocycles. The quantitative estimate of drug-likeness (QED) is 0.102. The van der Waals surface area contributed by atoms with Gasteiger partial charge in [-0.3, -0.25) is 4.79 Å². The SMILES string of the molecule is CCCCCCC(O)(C#C[Si](C)(C)C)C/C=C/[C@@H]1[C@@H](C/C=C\CCCC(=O)OC)[C@H](O)C[C@H]1O. The fourth-order valence-electron chi connectivity index (χ4n) is 4.33. The number of unbranched alkanes of at least 4 members (excludes halogenated alkanes) is 4. The summed E-state index contributed by atoms with van der Waals surface area (Å²) in [5.41, 5.74) is 2.30. The molecule has 5 nitrogen and oxygen atoms in total. The van der Waals surface area contributed by atoms with E-state index in [9.17, 15) is 20.1 Å². The zero-order valence-electron chi connectivity index (χ0n) is 22.1. The highest BCUT2D eigenvalue weighted by Crippen LogP contribution is 2.36. The molecule has 0 aromatic rings. The maximum atomic E-state index is 11.3. The third-order valence-corrected chi connectivity index (χ3v) is 7.27. The van der Waals surface area contributed by atoms with Gasteiger partial charge in [-0.25, -0.2) is 0 Å². The Bertz CT molecular complexity index is 715. The van der Waals surface area contributed by atoms with Gasteiger partial charge in [0.15, 0.2) is 0 Å². The molecular formula is C28H48O5Si. The predicted octanol–water partition coefficient (Wildman–Crippen LogP) is 5.16. The van der Waals surface area contributed by atoms with Crippen molar-refractivity contribution in [1.82, 2.24) is 0 Å². The van der Waals surface area contributed by atoms with E-state index >= 15 is 0 Å². The minimum atomic E-state index is -1.60. The van der Waals surface area contributed by atoms with Crippen LogP contribution in [0.3, 0.4) is 0 Å². The molecule has 1 fully saturated rings. The molecule has 1 rings (SSSR count). The number of methoxy groups -OCH3 is 1. The van der Waals surface area contributed by atoms with Crippen molar-refractivity contribution in [3.05, 3.63) is 24.3 Å². The van der Waals surface area contributed by atoms with Crippen LogP contribution >= 0.6 is 0 Å². The number of ether oxygens (including phenoxy) is 1. The van der Waals surface area contributed by atoms with Crippen LogP contribution in [0.4, 0.5) is 0 Å². The minimum absolute atomic E-state index is 0.0613. The van der Waals surface area contributed by atoms with Crippen molar-refractivity contribution in [3.8, 4) is 11.5 Å². The van der Waals surface area contributed by atoms with E-state index < -0.39 is 25.9 Å². The summed E-state index contributed by atoms with van der Waals surface area (Å²) in [6.07, 6.45) is 15.3. The van der Waals surface area contributed by atoms with E-state index in [1.54, 1.807) is 0 Å². The maximum Gasteiger partial charge on any atom is 0.305 e. The van der Waals surface area contributed by atoms with E-state index in [1.165, 1.54) is 7.11 Å². The van der Waals surface area contributed by atoms with E-state index in [-0.39, 0.29) is 17.8 Å². The zero-order valence-corrected chi connectivity index (χ0v) is 23.1. The number of hydrogen-bond donors (Lipinski definition) is 3. The largest absolute Gasteiger partial charge is 0.469 e. The van der Waals surface area contributed by atoms with Crippen molar-refractivity contribution < 1.29 is 24.9 Å². The molecule has 1 saturated carbocycles. The van der Waals surface area contributed by atoms with Crippen LogP contribution in [0.1, 0.15) is 77.6 Å². The highest BCUT2D eigenvalue weighted by atomic mass is 28.3. The second-order valence-corrected chi connectivity index (χ2v) is 15.5. The molecule has 5 atom stereocenters. The summed E-state index contributed by atoms with van der Waals surface area (Å²) in [4.78, 5) is 11.2.